The number of hydrogen-bond acceptors (Lipinski definition) is 2. The van der Waals surface area contributed by atoms with Crippen LogP contribution in [0.4, 0.5) is 0 Å². The van der Waals surface area contributed by atoms with E-state index in [9.17, 15) is 0 Å². The van der Waals surface area contributed by atoms with Gasteiger partial charge in [0.05, 0.1) is 6.04 Å². The summed E-state index contributed by atoms with van der Waals surface area (Å²) in [5.41, 5.74) is 9.99. The van der Waals surface area contributed by atoms with Crippen LogP contribution >= 0.6 is 38.5 Å². The van der Waals surface area contributed by atoms with Crippen molar-refractivity contribution in [2.75, 3.05) is 0 Å². The number of benzene rings is 2. The minimum atomic E-state index is -0.111. The van der Waals surface area contributed by atoms with Crippen molar-refractivity contribution >= 4 is 38.5 Å². The van der Waals surface area contributed by atoms with E-state index in [0.717, 1.165) is 27.8 Å². The molecule has 0 amide bonds. The van der Waals surface area contributed by atoms with Crippen molar-refractivity contribution in [1.82, 2.24) is 0 Å². The first-order valence-corrected chi connectivity index (χ1v) is 8.42. The lowest BCUT2D eigenvalue weighted by molar-refractivity contribution is 0.254. The second-order valence-corrected chi connectivity index (χ2v) is 7.22. The van der Waals surface area contributed by atoms with Crippen LogP contribution < -0.4 is 10.5 Å². The molecule has 2 atom stereocenters. The maximum atomic E-state index is 6.45. The Labute approximate surface area is 141 Å². The van der Waals surface area contributed by atoms with Crippen LogP contribution in [0, 0.1) is 3.57 Å². The molecule has 2 unspecified atom stereocenters. The Hall–Kier alpha value is -0.590. The predicted molar refractivity (Wildman–Crippen MR) is 93.1 cm³/mol. The van der Waals surface area contributed by atoms with Gasteiger partial charge < -0.3 is 10.5 Å². The number of halogens is 2. The molecule has 0 aliphatic carbocycles. The van der Waals surface area contributed by atoms with Crippen LogP contribution in [0.2, 0.25) is 0 Å². The number of fused-ring (bicyclic) bond motifs is 1. The van der Waals surface area contributed by atoms with Gasteiger partial charge in [0.2, 0.25) is 0 Å². The largest absolute Gasteiger partial charge is 0.490 e. The number of rotatable bonds is 2. The molecule has 2 aromatic carbocycles. The molecule has 0 fully saturated rings. The van der Waals surface area contributed by atoms with Crippen molar-refractivity contribution in [2.24, 2.45) is 5.73 Å². The Morgan fingerprint density at radius 1 is 1.30 bits per heavy atom. The monoisotopic (exact) mass is 443 g/mol. The van der Waals surface area contributed by atoms with E-state index < -0.39 is 0 Å². The first-order valence-electron chi connectivity index (χ1n) is 6.54. The van der Waals surface area contributed by atoms with Crippen molar-refractivity contribution in [3.63, 3.8) is 0 Å². The third-order valence-electron chi connectivity index (χ3n) is 3.57. The van der Waals surface area contributed by atoms with E-state index in [-0.39, 0.29) is 12.1 Å². The number of hydrogen-bond donors (Lipinski definition) is 1. The van der Waals surface area contributed by atoms with E-state index in [0.29, 0.717) is 0 Å². The molecule has 0 bridgehead atoms. The van der Waals surface area contributed by atoms with E-state index in [1.165, 1.54) is 9.13 Å². The molecule has 1 aliphatic heterocycles. The van der Waals surface area contributed by atoms with E-state index in [1.54, 1.807) is 0 Å². The van der Waals surface area contributed by atoms with Crippen molar-refractivity contribution in [1.29, 1.82) is 0 Å². The molecular formula is C16H15BrINO. The molecule has 2 aromatic rings. The summed E-state index contributed by atoms with van der Waals surface area (Å²) in [4.78, 5) is 0. The molecule has 104 valence electrons. The summed E-state index contributed by atoms with van der Waals surface area (Å²) in [6.07, 6.45) is 1.23. The maximum Gasteiger partial charge on any atom is 0.123 e. The maximum absolute atomic E-state index is 6.45. The molecule has 1 heterocycles. The highest BCUT2D eigenvalue weighted by molar-refractivity contribution is 14.1. The van der Waals surface area contributed by atoms with Gasteiger partial charge in [0.15, 0.2) is 0 Å². The van der Waals surface area contributed by atoms with Gasteiger partial charge in [-0.15, -0.1) is 0 Å². The Balaban J connectivity index is 1.97. The molecule has 0 saturated carbocycles. The van der Waals surface area contributed by atoms with Gasteiger partial charge >= 0.3 is 0 Å². The molecular weight excluding hydrogens is 429 g/mol. The Bertz CT molecular complexity index is 659. The van der Waals surface area contributed by atoms with Gasteiger partial charge in [-0.3, -0.25) is 0 Å². The first kappa shape index (κ1) is 14.4. The lowest BCUT2D eigenvalue weighted by Crippen LogP contribution is -2.13. The van der Waals surface area contributed by atoms with Crippen molar-refractivity contribution < 1.29 is 4.74 Å². The van der Waals surface area contributed by atoms with E-state index in [1.807, 2.05) is 12.1 Å². The molecule has 20 heavy (non-hydrogen) atoms. The fourth-order valence-corrected chi connectivity index (χ4v) is 3.62. The minimum Gasteiger partial charge on any atom is -0.490 e. The third kappa shape index (κ3) is 2.73. The van der Waals surface area contributed by atoms with E-state index in [4.69, 9.17) is 10.5 Å². The average Bonchev–Trinajstić information content (AvgIpc) is 2.79. The van der Waals surface area contributed by atoms with E-state index in [2.05, 4.69) is 69.7 Å². The van der Waals surface area contributed by atoms with Crippen molar-refractivity contribution in [2.45, 2.75) is 25.5 Å². The fourth-order valence-electron chi connectivity index (χ4n) is 2.57. The van der Waals surface area contributed by atoms with Gasteiger partial charge in [-0.05, 0) is 70.5 Å². The van der Waals surface area contributed by atoms with Crippen molar-refractivity contribution in [3.05, 3.63) is 61.1 Å². The van der Waals surface area contributed by atoms with Crippen LogP contribution in [0.15, 0.2) is 40.9 Å². The van der Waals surface area contributed by atoms with Crippen LogP contribution in [0.3, 0.4) is 0 Å². The highest BCUT2D eigenvalue weighted by Gasteiger charge is 2.21. The molecule has 0 radical (unpaired) electrons. The predicted octanol–water partition coefficient (Wildman–Crippen LogP) is 4.43. The normalized spacial score (nSPS) is 18.5. The second kappa shape index (κ2) is 5.66. The highest BCUT2D eigenvalue weighted by atomic mass is 127. The standard InChI is InChI=1S/C16H15BrINO/c1-9-6-11-7-10(2-5-15(11)20-9)16(19)13-8-12(17)3-4-14(13)18/h2-5,7-9,16H,6,19H2,1H3. The molecule has 3 rings (SSSR count). The third-order valence-corrected chi connectivity index (χ3v) is 5.05. The number of nitrogens with two attached hydrogens (primary N) is 1. The van der Waals surface area contributed by atoms with Gasteiger partial charge in [-0.2, -0.15) is 0 Å². The zero-order valence-electron chi connectivity index (χ0n) is 11.1. The van der Waals surface area contributed by atoms with Crippen LogP contribution in [0.5, 0.6) is 5.75 Å². The van der Waals surface area contributed by atoms with Gasteiger partial charge in [-0.25, -0.2) is 0 Å². The average molecular weight is 444 g/mol. The van der Waals surface area contributed by atoms with Crippen LogP contribution in [0.25, 0.3) is 0 Å². The molecule has 2 nitrogen and oxygen atoms in total. The Morgan fingerprint density at radius 3 is 2.90 bits per heavy atom. The first-order chi connectivity index (χ1) is 9.54. The van der Waals surface area contributed by atoms with Crippen LogP contribution in [-0.4, -0.2) is 6.10 Å². The Morgan fingerprint density at radius 2 is 2.10 bits per heavy atom. The SMILES string of the molecule is CC1Cc2cc(C(N)c3cc(Br)ccc3I)ccc2O1. The lowest BCUT2D eigenvalue weighted by Gasteiger charge is -2.16. The molecule has 1 aliphatic rings. The highest BCUT2D eigenvalue weighted by Crippen LogP contribution is 2.33. The molecule has 0 aromatic heterocycles. The Kier molecular flexibility index (Phi) is 4.06. The van der Waals surface area contributed by atoms with Gasteiger partial charge in [0, 0.05) is 14.5 Å². The summed E-state index contributed by atoms with van der Waals surface area (Å²) in [6, 6.07) is 12.4. The van der Waals surface area contributed by atoms with Gasteiger partial charge in [0.1, 0.15) is 11.9 Å². The summed E-state index contributed by atoms with van der Waals surface area (Å²) in [5, 5.41) is 0. The zero-order valence-corrected chi connectivity index (χ0v) is 14.8. The van der Waals surface area contributed by atoms with E-state index >= 15 is 0 Å². The van der Waals surface area contributed by atoms with Gasteiger partial charge in [0.25, 0.3) is 0 Å². The van der Waals surface area contributed by atoms with Gasteiger partial charge in [-0.1, -0.05) is 28.1 Å². The topological polar surface area (TPSA) is 35.2 Å². The smallest absolute Gasteiger partial charge is 0.123 e. The number of ether oxygens (including phenoxy) is 1. The molecule has 4 heteroatoms. The van der Waals surface area contributed by atoms with Crippen LogP contribution in [-0.2, 0) is 6.42 Å². The fraction of sp³-hybridized carbons (Fsp3) is 0.250. The molecule has 0 saturated heterocycles. The summed E-state index contributed by atoms with van der Waals surface area (Å²) < 4.78 is 7.98. The lowest BCUT2D eigenvalue weighted by atomic mass is 9.97. The molecule has 0 spiro atoms. The quantitative estimate of drug-likeness (QED) is 0.697. The summed E-state index contributed by atoms with van der Waals surface area (Å²) >= 11 is 5.85. The molecule has 2 N–H and O–H groups in total. The van der Waals surface area contributed by atoms with Crippen LogP contribution in [0.1, 0.15) is 29.7 Å². The minimum absolute atomic E-state index is 0.111. The second-order valence-electron chi connectivity index (χ2n) is 5.14. The van der Waals surface area contributed by atoms with Crippen molar-refractivity contribution in [3.8, 4) is 5.75 Å². The zero-order chi connectivity index (χ0) is 14.3. The summed E-state index contributed by atoms with van der Waals surface area (Å²) in [5.74, 6) is 0.998. The summed E-state index contributed by atoms with van der Waals surface area (Å²) in [7, 11) is 0. The summed E-state index contributed by atoms with van der Waals surface area (Å²) in [6.45, 7) is 2.09.